The summed E-state index contributed by atoms with van der Waals surface area (Å²) >= 11 is 0. The van der Waals surface area contributed by atoms with Gasteiger partial charge in [-0.15, -0.1) is 0 Å². The zero-order valence-electron chi connectivity index (χ0n) is 12.7. The van der Waals surface area contributed by atoms with Crippen molar-refractivity contribution in [2.24, 2.45) is 5.92 Å². The topological polar surface area (TPSA) is 58.6 Å². The number of hydrogen-bond donors (Lipinski definition) is 2. The summed E-state index contributed by atoms with van der Waals surface area (Å²) in [5, 5.41) is 11.8. The lowest BCUT2D eigenvalue weighted by molar-refractivity contribution is -0.139. The van der Waals surface area contributed by atoms with Crippen LogP contribution < -0.4 is 10.1 Å². The maximum atomic E-state index is 10.8. The van der Waals surface area contributed by atoms with Crippen LogP contribution in [0.3, 0.4) is 0 Å². The molecule has 0 unspecified atom stereocenters. The normalized spacial score (nSPS) is 17.4. The van der Waals surface area contributed by atoms with Crippen molar-refractivity contribution < 1.29 is 14.6 Å². The Morgan fingerprint density at radius 1 is 1.38 bits per heavy atom. The molecule has 0 saturated heterocycles. The van der Waals surface area contributed by atoms with Gasteiger partial charge < -0.3 is 15.2 Å². The molecule has 0 radical (unpaired) electrons. The molecule has 0 aromatic heterocycles. The molecule has 4 heteroatoms. The summed E-state index contributed by atoms with van der Waals surface area (Å²) in [6.45, 7) is 2.97. The van der Waals surface area contributed by atoms with E-state index < -0.39 is 12.0 Å². The fraction of sp³-hybridized carbons (Fsp3) is 0.588. The lowest BCUT2D eigenvalue weighted by atomic mass is 9.90. The van der Waals surface area contributed by atoms with Crippen molar-refractivity contribution in [3.8, 4) is 5.75 Å². The molecular formula is C17H25NO3. The molecule has 0 amide bonds. The number of carbonyl (C=O) groups is 1. The van der Waals surface area contributed by atoms with Gasteiger partial charge in [0, 0.05) is 6.54 Å². The molecule has 2 N–H and O–H groups in total. The lowest BCUT2D eigenvalue weighted by Gasteiger charge is -2.21. The Morgan fingerprint density at radius 2 is 2.14 bits per heavy atom. The zero-order chi connectivity index (χ0) is 15.1. The van der Waals surface area contributed by atoms with Crippen LogP contribution in [0.25, 0.3) is 0 Å². The minimum Gasteiger partial charge on any atom is -0.493 e. The summed E-state index contributed by atoms with van der Waals surface area (Å²) in [6, 6.07) is 7.35. The van der Waals surface area contributed by atoms with Gasteiger partial charge in [0.1, 0.15) is 11.8 Å². The first-order valence-corrected chi connectivity index (χ1v) is 7.83. The monoisotopic (exact) mass is 291 g/mol. The van der Waals surface area contributed by atoms with Crippen molar-refractivity contribution in [1.29, 1.82) is 0 Å². The number of carboxylic acid groups (broad SMARTS) is 1. The predicted molar refractivity (Wildman–Crippen MR) is 82.4 cm³/mol. The number of hydrogen-bond acceptors (Lipinski definition) is 3. The molecule has 1 aliphatic carbocycles. The Balaban J connectivity index is 1.81. The van der Waals surface area contributed by atoms with Gasteiger partial charge >= 0.3 is 5.97 Å². The molecule has 0 heterocycles. The Kier molecular flexibility index (Phi) is 6.05. The smallest absolute Gasteiger partial charge is 0.320 e. The highest BCUT2D eigenvalue weighted by molar-refractivity contribution is 5.72. The van der Waals surface area contributed by atoms with Crippen LogP contribution in [-0.2, 0) is 11.3 Å². The third-order valence-electron chi connectivity index (χ3n) is 4.09. The van der Waals surface area contributed by atoms with E-state index in [0.29, 0.717) is 12.5 Å². The molecule has 21 heavy (non-hydrogen) atoms. The van der Waals surface area contributed by atoms with E-state index >= 15 is 0 Å². The molecule has 2 rings (SSSR count). The molecule has 1 aromatic carbocycles. The van der Waals surface area contributed by atoms with E-state index in [-0.39, 0.29) is 0 Å². The van der Waals surface area contributed by atoms with E-state index in [4.69, 9.17) is 9.84 Å². The van der Waals surface area contributed by atoms with Crippen molar-refractivity contribution in [1.82, 2.24) is 5.32 Å². The molecule has 1 aliphatic rings. The average molecular weight is 291 g/mol. The van der Waals surface area contributed by atoms with Gasteiger partial charge in [-0.3, -0.25) is 4.79 Å². The van der Waals surface area contributed by atoms with Crippen LogP contribution in [0.5, 0.6) is 5.75 Å². The predicted octanol–water partition coefficient (Wildman–Crippen LogP) is 3.21. The van der Waals surface area contributed by atoms with Gasteiger partial charge in [-0.25, -0.2) is 0 Å². The number of nitrogens with one attached hydrogen (secondary N) is 1. The van der Waals surface area contributed by atoms with E-state index in [9.17, 15) is 4.79 Å². The van der Waals surface area contributed by atoms with Gasteiger partial charge in [0.05, 0.1) is 6.61 Å². The van der Waals surface area contributed by atoms with Gasteiger partial charge in [0.2, 0.25) is 0 Å². The van der Waals surface area contributed by atoms with Gasteiger partial charge in [0.25, 0.3) is 0 Å². The molecule has 1 atom stereocenters. The fourth-order valence-electron chi connectivity index (χ4n) is 2.67. The summed E-state index contributed by atoms with van der Waals surface area (Å²) in [5.41, 5.74) is 1.05. The highest BCUT2D eigenvalue weighted by Gasteiger charge is 2.14. The summed E-state index contributed by atoms with van der Waals surface area (Å²) in [7, 11) is 0. The van der Waals surface area contributed by atoms with Crippen LogP contribution in [0.4, 0.5) is 0 Å². The largest absolute Gasteiger partial charge is 0.493 e. The van der Waals surface area contributed by atoms with Crippen molar-refractivity contribution in [2.45, 2.75) is 51.6 Å². The summed E-state index contributed by atoms with van der Waals surface area (Å²) in [5.74, 6) is 0.732. The van der Waals surface area contributed by atoms with Crippen molar-refractivity contribution in [2.75, 3.05) is 6.61 Å². The van der Waals surface area contributed by atoms with E-state index in [2.05, 4.69) is 5.32 Å². The number of aliphatic carboxylic acids is 1. The minimum absolute atomic E-state index is 0.536. The maximum absolute atomic E-state index is 10.8. The number of carboxylic acids is 1. The maximum Gasteiger partial charge on any atom is 0.320 e. The Bertz CT molecular complexity index is 455. The Morgan fingerprint density at radius 3 is 2.86 bits per heavy atom. The zero-order valence-corrected chi connectivity index (χ0v) is 12.7. The molecule has 0 aliphatic heterocycles. The SMILES string of the molecule is C[C@H](NCc1cccc(OCC2CCCCC2)c1)C(=O)O. The van der Waals surface area contributed by atoms with E-state index in [1.54, 1.807) is 6.92 Å². The van der Waals surface area contributed by atoms with Crippen LogP contribution in [0.2, 0.25) is 0 Å². The van der Waals surface area contributed by atoms with Crippen LogP contribution >= 0.6 is 0 Å². The van der Waals surface area contributed by atoms with Gasteiger partial charge in [-0.1, -0.05) is 31.4 Å². The average Bonchev–Trinajstić information content (AvgIpc) is 2.52. The first-order chi connectivity index (χ1) is 10.1. The quantitative estimate of drug-likeness (QED) is 0.810. The second kappa shape index (κ2) is 8.03. The standard InChI is InChI=1S/C17H25NO3/c1-13(17(19)20)18-11-15-8-5-9-16(10-15)21-12-14-6-3-2-4-7-14/h5,8-10,13-14,18H,2-4,6-7,11-12H2,1H3,(H,19,20)/t13-/m0/s1. The molecular weight excluding hydrogens is 266 g/mol. The van der Waals surface area contributed by atoms with E-state index in [1.165, 1.54) is 32.1 Å². The first-order valence-electron chi connectivity index (χ1n) is 7.83. The van der Waals surface area contributed by atoms with Crippen molar-refractivity contribution in [3.63, 3.8) is 0 Å². The second-order valence-electron chi connectivity index (χ2n) is 5.90. The molecule has 4 nitrogen and oxygen atoms in total. The van der Waals surface area contributed by atoms with Crippen molar-refractivity contribution >= 4 is 5.97 Å². The molecule has 1 saturated carbocycles. The summed E-state index contributed by atoms with van der Waals surface area (Å²) in [6.07, 6.45) is 6.56. The minimum atomic E-state index is -0.834. The molecule has 0 bridgehead atoms. The molecule has 1 aromatic rings. The second-order valence-corrected chi connectivity index (χ2v) is 5.90. The van der Waals surface area contributed by atoms with Gasteiger partial charge in [-0.05, 0) is 43.4 Å². The van der Waals surface area contributed by atoms with Crippen LogP contribution in [0.15, 0.2) is 24.3 Å². The highest BCUT2D eigenvalue weighted by Crippen LogP contribution is 2.24. The van der Waals surface area contributed by atoms with E-state index in [0.717, 1.165) is 17.9 Å². The first kappa shape index (κ1) is 15.8. The number of benzene rings is 1. The third kappa shape index (κ3) is 5.38. The van der Waals surface area contributed by atoms with Crippen LogP contribution in [-0.4, -0.2) is 23.7 Å². The van der Waals surface area contributed by atoms with E-state index in [1.807, 2.05) is 24.3 Å². The van der Waals surface area contributed by atoms with Crippen molar-refractivity contribution in [3.05, 3.63) is 29.8 Å². The number of ether oxygens (including phenoxy) is 1. The molecule has 116 valence electrons. The highest BCUT2D eigenvalue weighted by atomic mass is 16.5. The van der Waals surface area contributed by atoms with Crippen LogP contribution in [0, 0.1) is 5.92 Å². The fourth-order valence-corrected chi connectivity index (χ4v) is 2.67. The number of rotatable bonds is 7. The van der Waals surface area contributed by atoms with Crippen LogP contribution in [0.1, 0.15) is 44.6 Å². The molecule has 1 fully saturated rings. The Hall–Kier alpha value is -1.55. The van der Waals surface area contributed by atoms with Gasteiger partial charge in [0.15, 0.2) is 0 Å². The lowest BCUT2D eigenvalue weighted by Crippen LogP contribution is -2.33. The summed E-state index contributed by atoms with van der Waals surface area (Å²) in [4.78, 5) is 10.8. The molecule has 0 spiro atoms. The summed E-state index contributed by atoms with van der Waals surface area (Å²) < 4.78 is 5.90. The van der Waals surface area contributed by atoms with Gasteiger partial charge in [-0.2, -0.15) is 0 Å². The third-order valence-corrected chi connectivity index (χ3v) is 4.09. The Labute approximate surface area is 126 Å².